The van der Waals surface area contributed by atoms with Crippen LogP contribution in [0.1, 0.15) is 40.0 Å². The van der Waals surface area contributed by atoms with Crippen LogP contribution in [-0.4, -0.2) is 57.4 Å². The van der Waals surface area contributed by atoms with Crippen LogP contribution in [0.5, 0.6) is 0 Å². The fourth-order valence-electron chi connectivity index (χ4n) is 7.14. The van der Waals surface area contributed by atoms with E-state index < -0.39 is 70.7 Å². The molecular formula is C22H28F2O6. The van der Waals surface area contributed by atoms with Gasteiger partial charge < -0.3 is 20.1 Å². The maximum atomic E-state index is 16.9. The van der Waals surface area contributed by atoms with Crippen LogP contribution in [0.2, 0.25) is 0 Å². The lowest BCUT2D eigenvalue weighted by Crippen LogP contribution is -2.70. The van der Waals surface area contributed by atoms with Crippen molar-refractivity contribution in [2.24, 2.45) is 28.6 Å². The van der Waals surface area contributed by atoms with E-state index in [0.717, 1.165) is 6.08 Å². The van der Waals surface area contributed by atoms with E-state index in [1.807, 2.05) is 0 Å². The zero-order valence-electron chi connectivity index (χ0n) is 17.3. The molecule has 166 valence electrons. The molecule has 0 saturated heterocycles. The standard InChI is InChI=1S/C22H28F2O6/c1-11-6-13-14-8-16(23)15-7-12(26)4-5-19(15,2)21(14,24)17(27)9-20(13,3)22(11,29)18(28)30-10-25/h4-5,7,11,13-14,16-17,25,27,29H,6,8-10H2,1-3H3/t11-,13?,14?,16+,17+,19+,20+,21+,22+/m1/s1. The number of rotatable bonds is 2. The molecule has 0 aromatic rings. The van der Waals surface area contributed by atoms with E-state index in [2.05, 4.69) is 0 Å². The highest BCUT2D eigenvalue weighted by molar-refractivity contribution is 6.01. The second kappa shape index (κ2) is 6.43. The number of allylic oxidation sites excluding steroid dienone is 4. The van der Waals surface area contributed by atoms with Crippen LogP contribution < -0.4 is 0 Å². The number of carbonyl (C=O) groups excluding carboxylic acids is 2. The number of fused-ring (bicyclic) bond motifs is 5. The minimum atomic E-state index is -2.27. The van der Waals surface area contributed by atoms with E-state index in [4.69, 9.17) is 9.84 Å². The molecule has 2 unspecified atom stereocenters. The molecule has 0 aliphatic heterocycles. The average molecular weight is 426 g/mol. The first-order valence-corrected chi connectivity index (χ1v) is 10.3. The summed E-state index contributed by atoms with van der Waals surface area (Å²) in [5.74, 6) is -3.69. The van der Waals surface area contributed by atoms with Gasteiger partial charge in [-0.1, -0.05) is 19.9 Å². The molecule has 0 spiro atoms. The third-order valence-electron chi connectivity index (χ3n) is 8.72. The highest BCUT2D eigenvalue weighted by atomic mass is 19.1. The Morgan fingerprint density at radius 2 is 1.97 bits per heavy atom. The van der Waals surface area contributed by atoms with Crippen LogP contribution >= 0.6 is 0 Å². The average Bonchev–Trinajstić information content (AvgIpc) is 2.88. The predicted molar refractivity (Wildman–Crippen MR) is 101 cm³/mol. The number of alkyl halides is 2. The molecule has 4 rings (SSSR count). The Kier molecular flexibility index (Phi) is 4.63. The van der Waals surface area contributed by atoms with Gasteiger partial charge in [0, 0.05) is 16.7 Å². The minimum Gasteiger partial charge on any atom is -0.437 e. The molecule has 0 aromatic carbocycles. The van der Waals surface area contributed by atoms with Gasteiger partial charge in [-0.05, 0) is 55.7 Å². The number of halogens is 2. The monoisotopic (exact) mass is 426 g/mol. The van der Waals surface area contributed by atoms with Crippen molar-refractivity contribution in [1.82, 2.24) is 0 Å². The molecule has 4 aliphatic carbocycles. The van der Waals surface area contributed by atoms with Crippen molar-refractivity contribution in [3.8, 4) is 0 Å². The van der Waals surface area contributed by atoms with E-state index in [9.17, 15) is 19.8 Å². The lowest BCUT2D eigenvalue weighted by molar-refractivity contribution is -0.233. The van der Waals surface area contributed by atoms with Gasteiger partial charge in [0.15, 0.2) is 23.8 Å². The molecular weight excluding hydrogens is 398 g/mol. The number of hydrogen-bond donors (Lipinski definition) is 3. The van der Waals surface area contributed by atoms with Gasteiger partial charge in [0.1, 0.15) is 6.17 Å². The van der Waals surface area contributed by atoms with Gasteiger partial charge in [0.2, 0.25) is 0 Å². The van der Waals surface area contributed by atoms with E-state index in [-0.39, 0.29) is 24.8 Å². The van der Waals surface area contributed by atoms with Crippen molar-refractivity contribution in [3.63, 3.8) is 0 Å². The third kappa shape index (κ3) is 2.27. The van der Waals surface area contributed by atoms with E-state index in [0.29, 0.717) is 0 Å². The highest BCUT2D eigenvalue weighted by Gasteiger charge is 2.77. The quantitative estimate of drug-likeness (QED) is 0.459. The van der Waals surface area contributed by atoms with Crippen molar-refractivity contribution in [3.05, 3.63) is 23.8 Å². The molecule has 9 atom stereocenters. The van der Waals surface area contributed by atoms with Crippen molar-refractivity contribution in [2.75, 3.05) is 6.79 Å². The molecule has 0 heterocycles. The maximum absolute atomic E-state index is 16.9. The maximum Gasteiger partial charge on any atom is 0.341 e. The summed E-state index contributed by atoms with van der Waals surface area (Å²) in [7, 11) is 0. The van der Waals surface area contributed by atoms with Gasteiger partial charge in [-0.3, -0.25) is 4.79 Å². The number of esters is 1. The molecule has 6 nitrogen and oxygen atoms in total. The summed E-state index contributed by atoms with van der Waals surface area (Å²) < 4.78 is 36.9. The van der Waals surface area contributed by atoms with E-state index in [1.165, 1.54) is 19.1 Å². The molecule has 8 heteroatoms. The first kappa shape index (κ1) is 21.6. The summed E-state index contributed by atoms with van der Waals surface area (Å²) in [6.45, 7) is 3.82. The Morgan fingerprint density at radius 1 is 1.30 bits per heavy atom. The molecule has 3 fully saturated rings. The van der Waals surface area contributed by atoms with Crippen LogP contribution in [0.4, 0.5) is 8.78 Å². The zero-order valence-corrected chi connectivity index (χ0v) is 17.3. The lowest BCUT2D eigenvalue weighted by Gasteiger charge is -2.62. The minimum absolute atomic E-state index is 0.0254. The molecule has 3 saturated carbocycles. The molecule has 3 N–H and O–H groups in total. The van der Waals surface area contributed by atoms with Gasteiger partial charge in [-0.2, -0.15) is 0 Å². The molecule has 0 radical (unpaired) electrons. The summed E-state index contributed by atoms with van der Waals surface area (Å²) in [6, 6.07) is 0. The normalized spacial score (nSPS) is 52.2. The number of aliphatic hydroxyl groups is 3. The van der Waals surface area contributed by atoms with Crippen molar-refractivity contribution in [2.45, 2.75) is 63.6 Å². The van der Waals surface area contributed by atoms with Gasteiger partial charge in [-0.15, -0.1) is 0 Å². The zero-order chi connectivity index (χ0) is 22.3. The van der Waals surface area contributed by atoms with E-state index >= 15 is 8.78 Å². The topological polar surface area (TPSA) is 104 Å². The first-order valence-electron chi connectivity index (χ1n) is 10.3. The number of aliphatic hydroxyl groups excluding tert-OH is 2. The van der Waals surface area contributed by atoms with Crippen molar-refractivity contribution >= 4 is 11.8 Å². The summed E-state index contributed by atoms with van der Waals surface area (Å²) in [4.78, 5) is 24.5. The van der Waals surface area contributed by atoms with Crippen LogP contribution in [0, 0.1) is 28.6 Å². The Bertz CT molecular complexity index is 857. The van der Waals surface area contributed by atoms with Crippen molar-refractivity contribution in [1.29, 1.82) is 0 Å². The number of ether oxygens (including phenoxy) is 1. The molecule has 0 bridgehead atoms. The second-order valence-corrected chi connectivity index (χ2v) is 9.82. The molecule has 0 amide bonds. The summed E-state index contributed by atoms with van der Waals surface area (Å²) in [6.07, 6.45) is 0.215. The Labute approximate surface area is 173 Å². The largest absolute Gasteiger partial charge is 0.437 e. The Balaban J connectivity index is 1.84. The fourth-order valence-corrected chi connectivity index (χ4v) is 7.14. The molecule has 4 aliphatic rings. The SMILES string of the molecule is C[C@@H]1CC2C3C[C@H](F)C4=CC(=O)C=C[C@]4(C)[C@@]3(F)[C@@H](O)C[C@]2(C)[C@@]1(O)C(=O)OCO. The molecule has 0 aromatic heterocycles. The lowest BCUT2D eigenvalue weighted by atomic mass is 9.44. The third-order valence-corrected chi connectivity index (χ3v) is 8.72. The summed E-state index contributed by atoms with van der Waals surface area (Å²) in [5, 5.41) is 31.5. The fraction of sp³-hybridized carbons (Fsp3) is 0.727. The predicted octanol–water partition coefficient (Wildman–Crippen LogP) is 1.78. The van der Waals surface area contributed by atoms with E-state index in [1.54, 1.807) is 13.8 Å². The van der Waals surface area contributed by atoms with Crippen LogP contribution in [0.15, 0.2) is 23.8 Å². The van der Waals surface area contributed by atoms with Crippen LogP contribution in [0.3, 0.4) is 0 Å². The Hall–Kier alpha value is -1.64. The second-order valence-electron chi connectivity index (χ2n) is 9.82. The van der Waals surface area contributed by atoms with Crippen LogP contribution in [-0.2, 0) is 14.3 Å². The van der Waals surface area contributed by atoms with Gasteiger partial charge >= 0.3 is 5.97 Å². The number of hydrogen-bond acceptors (Lipinski definition) is 6. The summed E-state index contributed by atoms with van der Waals surface area (Å²) in [5.41, 5.74) is -7.08. The van der Waals surface area contributed by atoms with Gasteiger partial charge in [0.25, 0.3) is 0 Å². The first-order chi connectivity index (χ1) is 13.9. The summed E-state index contributed by atoms with van der Waals surface area (Å²) >= 11 is 0. The number of carbonyl (C=O) groups is 2. The smallest absolute Gasteiger partial charge is 0.341 e. The van der Waals surface area contributed by atoms with Crippen LogP contribution in [0.25, 0.3) is 0 Å². The van der Waals surface area contributed by atoms with Crippen molar-refractivity contribution < 1.29 is 38.4 Å². The Morgan fingerprint density at radius 3 is 2.60 bits per heavy atom. The highest BCUT2D eigenvalue weighted by Crippen LogP contribution is 2.70. The molecule has 30 heavy (non-hydrogen) atoms. The number of ketones is 1. The van der Waals surface area contributed by atoms with Gasteiger partial charge in [0.05, 0.1) is 6.10 Å². The van der Waals surface area contributed by atoms with Gasteiger partial charge in [-0.25, -0.2) is 13.6 Å².